The van der Waals surface area contributed by atoms with Gasteiger partial charge in [-0.2, -0.15) is 0 Å². The van der Waals surface area contributed by atoms with Crippen molar-refractivity contribution in [1.29, 1.82) is 0 Å². The van der Waals surface area contributed by atoms with Gasteiger partial charge in [0.1, 0.15) is 5.82 Å². The molecule has 0 amide bonds. The van der Waals surface area contributed by atoms with E-state index in [4.69, 9.17) is 0 Å². The molecule has 0 spiro atoms. The zero-order valence-corrected chi connectivity index (χ0v) is 12.9. The molecule has 0 aromatic carbocycles. The van der Waals surface area contributed by atoms with E-state index < -0.39 is 0 Å². The maximum Gasteiger partial charge on any atom is 0.125 e. The number of hydrogen-bond donors (Lipinski definition) is 1. The third kappa shape index (κ3) is 3.19. The minimum atomic E-state index is 0.398. The Hall–Kier alpha value is -0.830. The Bertz CT molecular complexity index is 394. The number of nitrogens with one attached hydrogen (secondary N) is 1. The minimum Gasteiger partial charge on any atom is -0.337 e. The molecule has 1 heterocycles. The summed E-state index contributed by atoms with van der Waals surface area (Å²) < 4.78 is 2.18. The lowest BCUT2D eigenvalue weighted by Crippen LogP contribution is -2.40. The number of nitrogens with zero attached hydrogens (tertiary/aromatic N) is 2. The zero-order chi connectivity index (χ0) is 13.9. The van der Waals surface area contributed by atoms with Gasteiger partial charge < -0.3 is 9.88 Å². The fourth-order valence-electron chi connectivity index (χ4n) is 3.53. The van der Waals surface area contributed by atoms with Gasteiger partial charge in [-0.15, -0.1) is 0 Å². The SMILES string of the molecule is CCCNC(c1nccn1C)C1CCCCC1(C)C. The Labute approximate surface area is 117 Å². The molecule has 1 aliphatic carbocycles. The fraction of sp³-hybridized carbons (Fsp3) is 0.812. The highest BCUT2D eigenvalue weighted by Gasteiger charge is 2.39. The van der Waals surface area contributed by atoms with Gasteiger partial charge in [0, 0.05) is 19.4 Å². The first-order valence-corrected chi connectivity index (χ1v) is 7.77. The van der Waals surface area contributed by atoms with Crippen molar-refractivity contribution in [3.63, 3.8) is 0 Å². The monoisotopic (exact) mass is 263 g/mol. The molecule has 1 fully saturated rings. The van der Waals surface area contributed by atoms with Crippen molar-refractivity contribution in [2.75, 3.05) is 6.54 Å². The highest BCUT2D eigenvalue weighted by atomic mass is 15.1. The van der Waals surface area contributed by atoms with E-state index in [1.807, 2.05) is 6.20 Å². The lowest BCUT2D eigenvalue weighted by atomic mass is 9.65. The minimum absolute atomic E-state index is 0.398. The van der Waals surface area contributed by atoms with Crippen LogP contribution < -0.4 is 5.32 Å². The molecule has 2 atom stereocenters. The van der Waals surface area contributed by atoms with Crippen LogP contribution in [0.15, 0.2) is 12.4 Å². The lowest BCUT2D eigenvalue weighted by Gasteiger charge is -2.43. The molecule has 108 valence electrons. The molecule has 0 aliphatic heterocycles. The third-order valence-electron chi connectivity index (χ3n) is 4.74. The number of rotatable bonds is 5. The molecule has 0 bridgehead atoms. The van der Waals surface area contributed by atoms with Crippen molar-refractivity contribution in [2.45, 2.75) is 58.9 Å². The van der Waals surface area contributed by atoms with E-state index in [-0.39, 0.29) is 0 Å². The Balaban J connectivity index is 2.24. The first-order chi connectivity index (χ1) is 9.06. The van der Waals surface area contributed by atoms with Crippen molar-refractivity contribution >= 4 is 0 Å². The van der Waals surface area contributed by atoms with Gasteiger partial charge >= 0.3 is 0 Å². The van der Waals surface area contributed by atoms with Gasteiger partial charge in [-0.25, -0.2) is 4.98 Å². The van der Waals surface area contributed by atoms with E-state index in [9.17, 15) is 0 Å². The van der Waals surface area contributed by atoms with Crippen LogP contribution in [0.2, 0.25) is 0 Å². The molecular formula is C16H29N3. The predicted octanol–water partition coefficient (Wildman–Crippen LogP) is 3.68. The highest BCUT2D eigenvalue weighted by Crippen LogP contribution is 2.46. The van der Waals surface area contributed by atoms with Crippen molar-refractivity contribution in [3.05, 3.63) is 18.2 Å². The predicted molar refractivity (Wildman–Crippen MR) is 80.0 cm³/mol. The van der Waals surface area contributed by atoms with Gasteiger partial charge in [-0.05, 0) is 37.1 Å². The Morgan fingerprint density at radius 3 is 2.84 bits per heavy atom. The molecule has 1 saturated carbocycles. The standard InChI is InChI=1S/C16H29N3/c1-5-10-17-14(15-18-11-12-19(15)4)13-8-6-7-9-16(13,2)3/h11-14,17H,5-10H2,1-4H3. The van der Waals surface area contributed by atoms with Crippen molar-refractivity contribution in [3.8, 4) is 0 Å². The van der Waals surface area contributed by atoms with Crippen LogP contribution in [0.5, 0.6) is 0 Å². The van der Waals surface area contributed by atoms with Gasteiger partial charge in [-0.1, -0.05) is 33.6 Å². The van der Waals surface area contributed by atoms with Crippen LogP contribution in [0.25, 0.3) is 0 Å². The van der Waals surface area contributed by atoms with Gasteiger partial charge in [0.05, 0.1) is 6.04 Å². The second kappa shape index (κ2) is 6.08. The fourth-order valence-corrected chi connectivity index (χ4v) is 3.53. The Morgan fingerprint density at radius 2 is 2.26 bits per heavy atom. The van der Waals surface area contributed by atoms with E-state index in [1.54, 1.807) is 0 Å². The molecule has 1 aromatic rings. The maximum absolute atomic E-state index is 4.61. The van der Waals surface area contributed by atoms with Gasteiger partial charge in [0.15, 0.2) is 0 Å². The first kappa shape index (κ1) is 14.6. The summed E-state index contributed by atoms with van der Waals surface area (Å²) in [7, 11) is 2.11. The number of hydrogen-bond acceptors (Lipinski definition) is 2. The average Bonchev–Trinajstić information content (AvgIpc) is 2.78. The van der Waals surface area contributed by atoms with Crippen LogP contribution in [-0.4, -0.2) is 16.1 Å². The van der Waals surface area contributed by atoms with Crippen LogP contribution in [-0.2, 0) is 7.05 Å². The summed E-state index contributed by atoms with van der Waals surface area (Å²) in [6.07, 6.45) is 10.6. The lowest BCUT2D eigenvalue weighted by molar-refractivity contribution is 0.0938. The number of aromatic nitrogens is 2. The Morgan fingerprint density at radius 1 is 1.47 bits per heavy atom. The van der Waals surface area contributed by atoms with Gasteiger partial charge in [0.25, 0.3) is 0 Å². The van der Waals surface area contributed by atoms with Crippen LogP contribution in [0, 0.1) is 11.3 Å². The molecule has 1 aliphatic rings. The zero-order valence-electron chi connectivity index (χ0n) is 12.9. The largest absolute Gasteiger partial charge is 0.337 e. The summed E-state index contributed by atoms with van der Waals surface area (Å²) >= 11 is 0. The van der Waals surface area contributed by atoms with E-state index in [1.165, 1.54) is 37.9 Å². The van der Waals surface area contributed by atoms with Crippen LogP contribution in [0.1, 0.15) is 64.7 Å². The summed E-state index contributed by atoms with van der Waals surface area (Å²) in [5, 5.41) is 3.75. The van der Waals surface area contributed by atoms with Crippen LogP contribution in [0.3, 0.4) is 0 Å². The molecule has 19 heavy (non-hydrogen) atoms. The second-order valence-electron chi connectivity index (χ2n) is 6.67. The first-order valence-electron chi connectivity index (χ1n) is 7.77. The smallest absolute Gasteiger partial charge is 0.125 e. The normalized spacial score (nSPS) is 24.3. The summed E-state index contributed by atoms with van der Waals surface area (Å²) in [4.78, 5) is 4.61. The summed E-state index contributed by atoms with van der Waals surface area (Å²) in [6.45, 7) is 8.17. The molecule has 3 nitrogen and oxygen atoms in total. The quantitative estimate of drug-likeness (QED) is 0.878. The topological polar surface area (TPSA) is 29.9 Å². The molecule has 0 saturated heterocycles. The molecule has 3 heteroatoms. The van der Waals surface area contributed by atoms with E-state index in [0.29, 0.717) is 17.4 Å². The molecule has 1 aromatic heterocycles. The van der Waals surface area contributed by atoms with E-state index in [0.717, 1.165) is 6.54 Å². The Kier molecular flexibility index (Phi) is 4.67. The highest BCUT2D eigenvalue weighted by molar-refractivity contribution is 5.04. The number of aryl methyl sites for hydroxylation is 1. The summed E-state index contributed by atoms with van der Waals surface area (Å²) in [5.74, 6) is 1.89. The van der Waals surface area contributed by atoms with Crippen molar-refractivity contribution < 1.29 is 0 Å². The molecule has 1 N–H and O–H groups in total. The van der Waals surface area contributed by atoms with Crippen molar-refractivity contribution in [1.82, 2.24) is 14.9 Å². The molecule has 0 radical (unpaired) electrons. The van der Waals surface area contributed by atoms with E-state index in [2.05, 4.69) is 48.9 Å². The second-order valence-corrected chi connectivity index (χ2v) is 6.67. The van der Waals surface area contributed by atoms with E-state index >= 15 is 0 Å². The van der Waals surface area contributed by atoms with Crippen LogP contribution in [0.4, 0.5) is 0 Å². The summed E-state index contributed by atoms with van der Waals surface area (Å²) in [5.41, 5.74) is 0.412. The molecule has 2 unspecified atom stereocenters. The van der Waals surface area contributed by atoms with Crippen LogP contribution >= 0.6 is 0 Å². The van der Waals surface area contributed by atoms with Gasteiger partial charge in [0.2, 0.25) is 0 Å². The average molecular weight is 263 g/mol. The summed E-state index contributed by atoms with van der Waals surface area (Å²) in [6, 6.07) is 0.398. The number of imidazole rings is 1. The third-order valence-corrected chi connectivity index (χ3v) is 4.74. The molecule has 2 rings (SSSR count). The maximum atomic E-state index is 4.61. The van der Waals surface area contributed by atoms with Crippen molar-refractivity contribution in [2.24, 2.45) is 18.4 Å². The van der Waals surface area contributed by atoms with Gasteiger partial charge in [-0.3, -0.25) is 0 Å². The molecular weight excluding hydrogens is 234 g/mol.